The number of nitrogens with one attached hydrogen (secondary N) is 6. The molecule has 1 aliphatic carbocycles. The van der Waals surface area contributed by atoms with Crippen LogP contribution in [0.3, 0.4) is 0 Å². The van der Waals surface area contributed by atoms with Crippen LogP contribution < -0.4 is 43.4 Å². The molecule has 1 aliphatic heterocycles. The number of fused-ring (bicyclic) bond motifs is 1. The van der Waals surface area contributed by atoms with E-state index in [9.17, 15) is 48.9 Å². The lowest BCUT2D eigenvalue weighted by molar-refractivity contribution is -0.136. The third kappa shape index (κ3) is 24.1. The Morgan fingerprint density at radius 1 is 0.684 bits per heavy atom. The minimum absolute atomic E-state index is 0.0100. The molecule has 1 unspecified atom stereocenters. The Hall–Kier alpha value is -6.67. The summed E-state index contributed by atoms with van der Waals surface area (Å²) in [7, 11) is 2.14. The second kappa shape index (κ2) is 35.1. The van der Waals surface area contributed by atoms with Gasteiger partial charge in [-0.25, -0.2) is 0 Å². The van der Waals surface area contributed by atoms with Crippen molar-refractivity contribution >= 4 is 80.3 Å². The average Bonchev–Trinajstić information content (AvgIpc) is 3.83. The number of rotatable bonds is 18. The molecule has 22 nitrogen and oxygen atoms in total. The van der Waals surface area contributed by atoms with Crippen LogP contribution >= 0.6 is 21.6 Å². The molecule has 79 heavy (non-hydrogen) atoms. The van der Waals surface area contributed by atoms with Gasteiger partial charge in [-0.05, 0) is 80.3 Å². The van der Waals surface area contributed by atoms with Gasteiger partial charge in [0.05, 0.1) is 24.3 Å². The van der Waals surface area contributed by atoms with E-state index in [1.165, 1.54) is 13.8 Å². The lowest BCUT2D eigenvalue weighted by atomic mass is 9.95. The monoisotopic (exact) mass is 1140 g/mol. The smallest absolute Gasteiger partial charge is 0.300 e. The Morgan fingerprint density at radius 3 is 1.80 bits per heavy atom. The van der Waals surface area contributed by atoms with Crippen LogP contribution in [-0.4, -0.2) is 158 Å². The molecule has 1 fully saturated rings. The zero-order chi connectivity index (χ0) is 58.6. The molecule has 0 spiro atoms. The van der Waals surface area contributed by atoms with Crippen LogP contribution in [0.25, 0.3) is 5.57 Å². The van der Waals surface area contributed by atoms with Crippen molar-refractivity contribution < 1.29 is 68.7 Å². The van der Waals surface area contributed by atoms with Crippen LogP contribution in [0, 0.1) is 5.92 Å². The van der Waals surface area contributed by atoms with Gasteiger partial charge in [0.1, 0.15) is 30.2 Å². The molecule has 0 bridgehead atoms. The Bertz CT molecular complexity index is 2500. The van der Waals surface area contributed by atoms with E-state index in [2.05, 4.69) is 31.9 Å². The van der Waals surface area contributed by atoms with Gasteiger partial charge in [0.2, 0.25) is 35.4 Å². The Morgan fingerprint density at radius 2 is 1.22 bits per heavy atom. The second-order valence-corrected chi connectivity index (χ2v) is 21.6. The van der Waals surface area contributed by atoms with Crippen molar-refractivity contribution in [1.82, 2.24) is 31.9 Å². The Labute approximate surface area is 467 Å². The fourth-order valence-electron chi connectivity index (χ4n) is 8.19. The highest BCUT2D eigenvalue weighted by Gasteiger charge is 2.37. The molecule has 0 aromatic heterocycles. The maximum Gasteiger partial charge on any atom is 0.300 e. The number of allylic oxidation sites excluding steroid dienone is 1. The van der Waals surface area contributed by atoms with Crippen molar-refractivity contribution in [2.75, 3.05) is 24.7 Å². The molecule has 10 atom stereocenters. The van der Waals surface area contributed by atoms with Crippen molar-refractivity contribution in [1.29, 1.82) is 0 Å². The number of nitrogens with two attached hydrogens (primary N) is 2. The molecule has 6 amide bonds. The van der Waals surface area contributed by atoms with E-state index in [-0.39, 0.29) is 50.2 Å². The standard InChI is InChI=1S/C51H68N8O10S2.2C2H4O2/c1-30(61)36(27-60)26-44(63)42-28-70-71-29-43(58-46(64)38(53)23-32-13-5-3-6-14-32)50(68)55-40(24-33-15-7-4-8-16-33)48(66)56-41(25-35-21-20-34-17-9-10-18-37(34)35)49(67)54-39(19-11-12-22-52)47(65)59-45(31(2)62)51(69)57-42;2*1-2(3)4/h3-10,13-18,21,30-31,36,38-43,45,60-62H,11-12,19-20,22-29,52-53H2,1-2H3,(H,54,67)(H,55,68)(H,56,66)(H,57,69)(H,58,64)(H,59,65);2*1H3,(H,3,4)/t30-,31?,36-,38-,39+,40+,41-,42+,43+,45+;;/m1../s1. The molecule has 1 saturated heterocycles. The van der Waals surface area contributed by atoms with Crippen LogP contribution in [0.5, 0.6) is 0 Å². The molecule has 0 radical (unpaired) electrons. The van der Waals surface area contributed by atoms with Crippen LogP contribution in [0.4, 0.5) is 0 Å². The summed E-state index contributed by atoms with van der Waals surface area (Å²) >= 11 is 0. The van der Waals surface area contributed by atoms with E-state index in [0.717, 1.165) is 57.7 Å². The first kappa shape index (κ1) is 66.6. The number of aliphatic hydroxyl groups excluding tert-OH is 3. The van der Waals surface area contributed by atoms with Crippen molar-refractivity contribution in [2.45, 2.75) is 134 Å². The van der Waals surface area contributed by atoms with Gasteiger partial charge in [-0.15, -0.1) is 0 Å². The number of benzene rings is 3. The highest BCUT2D eigenvalue weighted by atomic mass is 33.1. The van der Waals surface area contributed by atoms with Gasteiger partial charge in [-0.2, -0.15) is 0 Å². The third-order valence-electron chi connectivity index (χ3n) is 12.5. The molecule has 3 aromatic carbocycles. The molecular formula is C55H76N8O14S2. The van der Waals surface area contributed by atoms with Crippen molar-refractivity contribution in [2.24, 2.45) is 17.4 Å². The Kier molecular flexibility index (Phi) is 29.6. The summed E-state index contributed by atoms with van der Waals surface area (Å²) in [5.41, 5.74) is 16.3. The molecule has 2 aliphatic rings. The van der Waals surface area contributed by atoms with Crippen LogP contribution in [0.2, 0.25) is 0 Å². The summed E-state index contributed by atoms with van der Waals surface area (Å²) in [6, 6.07) is 16.4. The van der Waals surface area contributed by atoms with Gasteiger partial charge in [0.15, 0.2) is 5.78 Å². The molecule has 15 N–H and O–H groups in total. The normalized spacial score (nSPS) is 21.7. The summed E-state index contributed by atoms with van der Waals surface area (Å²) in [4.78, 5) is 118. The van der Waals surface area contributed by atoms with Crippen molar-refractivity contribution in [3.63, 3.8) is 0 Å². The lowest BCUT2D eigenvalue weighted by Gasteiger charge is -2.29. The van der Waals surface area contributed by atoms with Crippen molar-refractivity contribution in [3.05, 3.63) is 113 Å². The van der Waals surface area contributed by atoms with Crippen LogP contribution in [-0.2, 0) is 62.4 Å². The molecule has 24 heteroatoms. The SMILES string of the molecule is CC(=O)O.CC(=O)O.CC(O)[C@@H]1NC(=O)[C@H](CCCCN)NC(=O)[C@@H](CC2=CCc3ccccc32)NC(=O)[C@H](Cc2ccccc2)NC(=O)[C@@H](NC(=O)[C@H](N)Cc2ccccc2)CSSC[C@@H](C(=O)C[C@H](CO)[C@@H](C)O)NC1=O. The maximum absolute atomic E-state index is 14.7. The summed E-state index contributed by atoms with van der Waals surface area (Å²) < 4.78 is 0. The highest BCUT2D eigenvalue weighted by Crippen LogP contribution is 2.31. The zero-order valence-electron chi connectivity index (χ0n) is 44.8. The largest absolute Gasteiger partial charge is 0.481 e. The molecule has 0 saturated carbocycles. The summed E-state index contributed by atoms with van der Waals surface area (Å²) in [5, 5.41) is 62.4. The number of aliphatic carboxylic acids is 2. The first-order valence-corrected chi connectivity index (χ1v) is 28.3. The molecule has 5 rings (SSSR count). The highest BCUT2D eigenvalue weighted by molar-refractivity contribution is 8.76. The van der Waals surface area contributed by atoms with Crippen LogP contribution in [0.1, 0.15) is 82.1 Å². The minimum atomic E-state index is -1.63. The first-order valence-electron chi connectivity index (χ1n) is 25.8. The predicted molar refractivity (Wildman–Crippen MR) is 301 cm³/mol. The van der Waals surface area contributed by atoms with Crippen LogP contribution in [0.15, 0.2) is 91.0 Å². The number of carbonyl (C=O) groups excluding carboxylic acids is 7. The number of Topliss-reactive ketones (excluding diaryl/α,β-unsaturated/α-hetero) is 1. The average molecular weight is 1140 g/mol. The molecule has 1 heterocycles. The summed E-state index contributed by atoms with van der Waals surface area (Å²) in [6.45, 7) is 4.61. The number of amides is 6. The van der Waals surface area contributed by atoms with Gasteiger partial charge >= 0.3 is 0 Å². The van der Waals surface area contributed by atoms with E-state index >= 15 is 0 Å². The molecule has 432 valence electrons. The van der Waals surface area contributed by atoms with E-state index < -0.39 is 120 Å². The quantitative estimate of drug-likeness (QED) is 0.0618. The van der Waals surface area contributed by atoms with Gasteiger partial charge in [-0.1, -0.05) is 113 Å². The number of aliphatic hydroxyl groups is 3. The summed E-state index contributed by atoms with van der Waals surface area (Å²) in [6.07, 6.45) is 0.632. The van der Waals surface area contributed by atoms with E-state index in [1.54, 1.807) is 30.3 Å². The molecular weight excluding hydrogens is 1060 g/mol. The van der Waals surface area contributed by atoms with E-state index in [4.69, 9.17) is 31.3 Å². The lowest BCUT2D eigenvalue weighted by Crippen LogP contribution is -2.61. The Balaban J connectivity index is 0.00000191. The fourth-order valence-corrected chi connectivity index (χ4v) is 10.6. The first-order chi connectivity index (χ1) is 37.5. The number of carboxylic acids is 2. The zero-order valence-corrected chi connectivity index (χ0v) is 46.4. The number of hydrogen-bond donors (Lipinski definition) is 13. The number of carboxylic acid groups (broad SMARTS) is 2. The number of ketones is 1. The maximum atomic E-state index is 14.7. The van der Waals surface area contributed by atoms with Gasteiger partial charge in [0, 0.05) is 57.1 Å². The van der Waals surface area contributed by atoms with Gasteiger partial charge in [0.25, 0.3) is 11.9 Å². The number of unbranched alkanes of at least 4 members (excludes halogenated alkanes) is 1. The fraction of sp³-hybridized carbons (Fsp3) is 0.473. The van der Waals surface area contributed by atoms with E-state index in [1.807, 2.05) is 60.7 Å². The third-order valence-corrected chi connectivity index (χ3v) is 14.9. The van der Waals surface area contributed by atoms with Gasteiger partial charge < -0.3 is 68.9 Å². The van der Waals surface area contributed by atoms with Gasteiger partial charge in [-0.3, -0.25) is 43.2 Å². The minimum Gasteiger partial charge on any atom is -0.481 e. The summed E-state index contributed by atoms with van der Waals surface area (Å²) in [5.74, 6) is -8.03. The number of hydrogen-bond acceptors (Lipinski definition) is 16. The predicted octanol–water partition coefficient (Wildman–Crippen LogP) is 0.773. The molecule has 3 aromatic rings. The van der Waals surface area contributed by atoms with Crippen molar-refractivity contribution in [3.8, 4) is 0 Å². The topological polar surface area (TPSA) is 379 Å². The number of carbonyl (C=O) groups is 9. The van der Waals surface area contributed by atoms with E-state index in [0.29, 0.717) is 24.8 Å². The second-order valence-electron chi connectivity index (χ2n) is 19.1.